The van der Waals surface area contributed by atoms with Gasteiger partial charge in [-0.1, -0.05) is 47.6 Å². The van der Waals surface area contributed by atoms with Crippen molar-refractivity contribution in [1.29, 1.82) is 0 Å². The van der Waals surface area contributed by atoms with E-state index in [4.69, 9.17) is 24.2 Å². The third-order valence-corrected chi connectivity index (χ3v) is 10.1. The summed E-state index contributed by atoms with van der Waals surface area (Å²) in [6.45, 7) is 3.92. The van der Waals surface area contributed by atoms with E-state index in [-0.39, 0.29) is 24.0 Å². The quantitative estimate of drug-likeness (QED) is 0.170. The van der Waals surface area contributed by atoms with Crippen molar-refractivity contribution in [2.24, 2.45) is 0 Å². The van der Waals surface area contributed by atoms with Gasteiger partial charge in [-0.2, -0.15) is 4.98 Å². The Bertz CT molecular complexity index is 1940. The summed E-state index contributed by atoms with van der Waals surface area (Å²) in [6.07, 6.45) is 4.78. The van der Waals surface area contributed by atoms with Crippen LogP contribution in [0.25, 0.3) is 11.5 Å². The lowest BCUT2D eigenvalue weighted by atomic mass is 9.71. The topological polar surface area (TPSA) is 142 Å². The smallest absolute Gasteiger partial charge is 0.261 e. The monoisotopic (exact) mass is 658 g/mol. The molecular weight excluding hydrogens is 620 g/mol. The highest BCUT2D eigenvalue weighted by Crippen LogP contribution is 2.42. The summed E-state index contributed by atoms with van der Waals surface area (Å²) in [7, 11) is 1.63. The van der Waals surface area contributed by atoms with Crippen molar-refractivity contribution in [1.82, 2.24) is 29.9 Å². The minimum atomic E-state index is -0.389. The zero-order chi connectivity index (χ0) is 33.4. The largest absolute Gasteiger partial charge is 0.497 e. The number of pyridine rings is 2. The molecule has 2 aromatic carbocycles. The number of rotatable bonds is 11. The summed E-state index contributed by atoms with van der Waals surface area (Å²) in [5.41, 5.74) is 4.51. The van der Waals surface area contributed by atoms with Crippen molar-refractivity contribution in [3.05, 3.63) is 107 Å². The first kappa shape index (κ1) is 31.0. The summed E-state index contributed by atoms with van der Waals surface area (Å²) in [5.74, 6) is 2.96. The van der Waals surface area contributed by atoms with Gasteiger partial charge in [-0.15, -0.1) is 0 Å². The van der Waals surface area contributed by atoms with E-state index in [1.165, 1.54) is 0 Å². The number of ether oxygens (including phenoxy) is 1. The Labute approximate surface area is 284 Å². The van der Waals surface area contributed by atoms with Crippen LogP contribution < -0.4 is 15.4 Å². The van der Waals surface area contributed by atoms with Crippen molar-refractivity contribution in [3.8, 4) is 17.2 Å². The number of piperidine rings is 3. The second-order valence-electron chi connectivity index (χ2n) is 13.0. The van der Waals surface area contributed by atoms with Crippen LogP contribution in [0, 0.1) is 0 Å². The van der Waals surface area contributed by atoms with E-state index in [0.29, 0.717) is 53.1 Å². The molecule has 4 aliphatic rings. The van der Waals surface area contributed by atoms with Gasteiger partial charge in [-0.25, -0.2) is 9.97 Å². The molecule has 0 spiro atoms. The number of anilines is 3. The first-order chi connectivity index (χ1) is 24.0. The Kier molecular flexibility index (Phi) is 8.18. The summed E-state index contributed by atoms with van der Waals surface area (Å²) in [6, 6.07) is 22.6. The number of benzene rings is 2. The summed E-state index contributed by atoms with van der Waals surface area (Å²) >= 11 is 0. The zero-order valence-corrected chi connectivity index (χ0v) is 27.3. The molecule has 0 unspecified atom stereocenters. The fourth-order valence-corrected chi connectivity index (χ4v) is 7.15. The Balaban J connectivity index is 1.06. The lowest BCUT2D eigenvalue weighted by molar-refractivity contribution is 0.0747. The first-order valence-corrected chi connectivity index (χ1v) is 16.7. The summed E-state index contributed by atoms with van der Waals surface area (Å²) in [5, 5.41) is 21.7. The fraction of sp³-hybridized carbons (Fsp3) is 0.324. The van der Waals surface area contributed by atoms with Gasteiger partial charge in [0.15, 0.2) is 5.82 Å². The second kappa shape index (κ2) is 12.9. The van der Waals surface area contributed by atoms with E-state index >= 15 is 0 Å². The van der Waals surface area contributed by atoms with Gasteiger partial charge in [0.25, 0.3) is 11.8 Å². The Morgan fingerprint density at radius 3 is 2.47 bits per heavy atom. The fourth-order valence-electron chi connectivity index (χ4n) is 7.15. The third-order valence-electron chi connectivity index (χ3n) is 10.1. The minimum Gasteiger partial charge on any atom is -0.497 e. The number of nitrogens with one attached hydrogen (secondary N) is 2. The molecule has 250 valence electrons. The van der Waals surface area contributed by atoms with Crippen LogP contribution in [0.5, 0.6) is 5.75 Å². The molecule has 2 bridgehead atoms. The van der Waals surface area contributed by atoms with Crippen LogP contribution >= 0.6 is 0 Å². The molecular formula is C37H38N8O4. The molecule has 12 nitrogen and oxygen atoms in total. The number of amides is 1. The maximum atomic E-state index is 13.2. The number of aromatic nitrogens is 4. The van der Waals surface area contributed by atoms with Crippen LogP contribution in [-0.2, 0) is 18.5 Å². The molecule has 0 saturated carbocycles. The van der Waals surface area contributed by atoms with Gasteiger partial charge in [0.2, 0.25) is 0 Å². The number of fused-ring (bicyclic) bond motifs is 4. The summed E-state index contributed by atoms with van der Waals surface area (Å²) < 4.78 is 11.2. The van der Waals surface area contributed by atoms with Crippen molar-refractivity contribution in [3.63, 3.8) is 0 Å². The number of methoxy groups -OCH3 is 1. The molecule has 3 aromatic heterocycles. The molecule has 0 radical (unpaired) electrons. The second-order valence-corrected chi connectivity index (χ2v) is 13.0. The van der Waals surface area contributed by atoms with Crippen LogP contribution in [0.2, 0.25) is 0 Å². The molecule has 3 fully saturated rings. The van der Waals surface area contributed by atoms with Gasteiger partial charge in [0.1, 0.15) is 17.4 Å². The van der Waals surface area contributed by atoms with Crippen molar-refractivity contribution < 1.29 is 19.2 Å². The Morgan fingerprint density at radius 1 is 0.959 bits per heavy atom. The van der Waals surface area contributed by atoms with Crippen molar-refractivity contribution >= 4 is 23.2 Å². The number of hydrogen-bond donors (Lipinski definition) is 3. The molecule has 9 rings (SSSR count). The molecule has 1 amide bonds. The average Bonchev–Trinajstić information content (AvgIpc) is 3.77. The van der Waals surface area contributed by atoms with Crippen molar-refractivity contribution in [2.75, 3.05) is 44.0 Å². The number of aliphatic hydroxyl groups is 1. The SMILES string of the molecule is COc1ccc(CN2Cc3nc(Nc4cc(N[C@H](CO)c5ccccc5)c(-c5nc(C67CCN(CC6)CC7)no5)cn4)ccc3C2=O)cc1. The summed E-state index contributed by atoms with van der Waals surface area (Å²) in [4.78, 5) is 31.9. The highest BCUT2D eigenvalue weighted by molar-refractivity contribution is 5.98. The molecule has 12 heteroatoms. The van der Waals surface area contributed by atoms with E-state index in [2.05, 4.69) is 20.7 Å². The molecule has 7 heterocycles. The van der Waals surface area contributed by atoms with Crippen LogP contribution in [-0.4, -0.2) is 74.3 Å². The van der Waals surface area contributed by atoms with E-state index in [1.807, 2.05) is 60.7 Å². The molecule has 0 aliphatic carbocycles. The van der Waals surface area contributed by atoms with E-state index in [1.54, 1.807) is 30.3 Å². The van der Waals surface area contributed by atoms with Crippen LogP contribution in [0.4, 0.5) is 17.3 Å². The van der Waals surface area contributed by atoms with E-state index in [9.17, 15) is 9.90 Å². The maximum absolute atomic E-state index is 13.2. The molecule has 4 aliphatic heterocycles. The van der Waals surface area contributed by atoms with Gasteiger partial charge >= 0.3 is 0 Å². The average molecular weight is 659 g/mol. The van der Waals surface area contributed by atoms with Gasteiger partial charge in [-0.3, -0.25) is 4.79 Å². The van der Waals surface area contributed by atoms with Crippen LogP contribution in [0.15, 0.2) is 83.5 Å². The molecule has 3 N–H and O–H groups in total. The Morgan fingerprint density at radius 2 is 1.73 bits per heavy atom. The minimum absolute atomic E-state index is 0.0490. The molecule has 1 atom stereocenters. The van der Waals surface area contributed by atoms with Gasteiger partial charge in [-0.05, 0) is 74.3 Å². The maximum Gasteiger partial charge on any atom is 0.261 e. The third kappa shape index (κ3) is 6.09. The lowest BCUT2D eigenvalue weighted by Crippen LogP contribution is -2.51. The van der Waals surface area contributed by atoms with Crippen LogP contribution in [0.1, 0.15) is 58.3 Å². The van der Waals surface area contributed by atoms with Gasteiger partial charge < -0.3 is 34.8 Å². The number of carbonyl (C=O) groups excluding carboxylic acids is 1. The highest BCUT2D eigenvalue weighted by atomic mass is 16.5. The lowest BCUT2D eigenvalue weighted by Gasteiger charge is -2.46. The molecule has 3 saturated heterocycles. The van der Waals surface area contributed by atoms with E-state index < -0.39 is 0 Å². The number of nitrogens with zero attached hydrogens (tertiary/aromatic N) is 6. The van der Waals surface area contributed by atoms with E-state index in [0.717, 1.165) is 61.6 Å². The highest BCUT2D eigenvalue weighted by Gasteiger charge is 2.44. The number of carbonyl (C=O) groups is 1. The normalized spacial score (nSPS) is 20.2. The van der Waals surface area contributed by atoms with Gasteiger partial charge in [0, 0.05) is 24.2 Å². The number of hydrogen-bond acceptors (Lipinski definition) is 11. The predicted octanol–water partition coefficient (Wildman–Crippen LogP) is 5.32. The standard InChI is InChI=1S/C37H38N8O4/c1-48-26-9-7-24(8-10-26)21-45-22-30-27(35(45)47)11-12-32(40-30)41-33-19-29(39-31(23-46)25-5-3-2-4-6-25)28(20-38-33)34-42-36(43-49-34)37-13-16-44(17-14-37)18-15-37/h2-12,19-20,31,46H,13-18,21-23H2,1H3,(H2,38,39,40,41)/t31-/m1/s1. The first-order valence-electron chi connectivity index (χ1n) is 16.7. The van der Waals surface area contributed by atoms with Crippen molar-refractivity contribution in [2.45, 2.75) is 43.8 Å². The number of aliphatic hydroxyl groups excluding tert-OH is 1. The molecule has 5 aromatic rings. The zero-order valence-electron chi connectivity index (χ0n) is 27.3. The predicted molar refractivity (Wildman–Crippen MR) is 183 cm³/mol. The van der Waals surface area contributed by atoms with Crippen LogP contribution in [0.3, 0.4) is 0 Å². The Hall–Kier alpha value is -5.33. The molecule has 49 heavy (non-hydrogen) atoms. The van der Waals surface area contributed by atoms with Gasteiger partial charge in [0.05, 0.1) is 48.8 Å².